The summed E-state index contributed by atoms with van der Waals surface area (Å²) < 4.78 is 15.5. The van der Waals surface area contributed by atoms with E-state index in [0.29, 0.717) is 28.4 Å². The molecule has 0 bridgehead atoms. The van der Waals surface area contributed by atoms with Crippen molar-refractivity contribution in [3.05, 3.63) is 53.6 Å². The molecule has 0 heterocycles. The maximum Gasteiger partial charge on any atom is 0.343 e. The lowest BCUT2D eigenvalue weighted by Crippen LogP contribution is -2.08. The predicted octanol–water partition coefficient (Wildman–Crippen LogP) is 2.74. The summed E-state index contributed by atoms with van der Waals surface area (Å²) in [4.78, 5) is 22.6. The Hall–Kier alpha value is -2.82. The minimum absolute atomic E-state index is 0.340. The third-order valence-electron chi connectivity index (χ3n) is 2.85. The highest BCUT2D eigenvalue weighted by molar-refractivity contribution is 5.92. The van der Waals surface area contributed by atoms with E-state index in [-0.39, 0.29) is 0 Å². The first-order valence-corrected chi connectivity index (χ1v) is 6.17. The third kappa shape index (κ3) is 3.39. The van der Waals surface area contributed by atoms with Crippen LogP contribution in [0.15, 0.2) is 42.5 Å². The maximum absolute atomic E-state index is 12.0. The number of carbonyl (C=O) groups is 2. The molecule has 0 aliphatic rings. The molecule has 0 N–H and O–H groups in total. The Bertz CT molecular complexity index is 646. The molecule has 0 aliphatic carbocycles. The zero-order chi connectivity index (χ0) is 15.2. The molecule has 0 saturated heterocycles. The van der Waals surface area contributed by atoms with Crippen LogP contribution >= 0.6 is 0 Å². The fourth-order valence-electron chi connectivity index (χ4n) is 1.74. The lowest BCUT2D eigenvalue weighted by molar-refractivity contribution is 0.0734. The summed E-state index contributed by atoms with van der Waals surface area (Å²) in [7, 11) is 3.01. The van der Waals surface area contributed by atoms with Gasteiger partial charge in [0, 0.05) is 5.56 Å². The van der Waals surface area contributed by atoms with Crippen LogP contribution in [0.3, 0.4) is 0 Å². The molecule has 0 fully saturated rings. The van der Waals surface area contributed by atoms with E-state index in [1.807, 2.05) is 0 Å². The van der Waals surface area contributed by atoms with Crippen molar-refractivity contribution in [2.75, 3.05) is 14.2 Å². The Morgan fingerprint density at radius 2 is 1.62 bits per heavy atom. The zero-order valence-electron chi connectivity index (χ0n) is 11.7. The molecule has 21 heavy (non-hydrogen) atoms. The molecule has 108 valence electrons. The van der Waals surface area contributed by atoms with Gasteiger partial charge in [0.25, 0.3) is 0 Å². The highest BCUT2D eigenvalue weighted by atomic mass is 16.5. The van der Waals surface area contributed by atoms with Crippen molar-refractivity contribution in [3.63, 3.8) is 0 Å². The standard InChI is InChI=1S/C16H14O5/c1-19-14-8-5-12(9-15(14)20-2)16(18)21-13-6-3-11(10-17)4-7-13/h3-10H,1-2H3. The van der Waals surface area contributed by atoms with Crippen molar-refractivity contribution < 1.29 is 23.8 Å². The maximum atomic E-state index is 12.0. The second kappa shape index (κ2) is 6.56. The first-order chi connectivity index (χ1) is 10.2. The van der Waals surface area contributed by atoms with Gasteiger partial charge in [-0.2, -0.15) is 0 Å². The molecule has 2 aromatic carbocycles. The van der Waals surface area contributed by atoms with E-state index in [9.17, 15) is 9.59 Å². The molecule has 0 aliphatic heterocycles. The molecule has 0 unspecified atom stereocenters. The van der Waals surface area contributed by atoms with Gasteiger partial charge in [0.05, 0.1) is 19.8 Å². The minimum Gasteiger partial charge on any atom is -0.493 e. The molecule has 0 saturated carbocycles. The van der Waals surface area contributed by atoms with E-state index >= 15 is 0 Å². The van der Waals surface area contributed by atoms with Crippen LogP contribution in [-0.4, -0.2) is 26.5 Å². The molecule has 2 rings (SSSR count). The first-order valence-electron chi connectivity index (χ1n) is 6.17. The van der Waals surface area contributed by atoms with Crippen LogP contribution in [0.1, 0.15) is 20.7 Å². The van der Waals surface area contributed by atoms with Crippen molar-refractivity contribution in [1.82, 2.24) is 0 Å². The largest absolute Gasteiger partial charge is 0.493 e. The van der Waals surface area contributed by atoms with Gasteiger partial charge in [-0.25, -0.2) is 4.79 Å². The summed E-state index contributed by atoms with van der Waals surface area (Å²) in [6.45, 7) is 0. The van der Waals surface area contributed by atoms with Crippen molar-refractivity contribution in [2.24, 2.45) is 0 Å². The van der Waals surface area contributed by atoms with E-state index in [1.54, 1.807) is 42.5 Å². The fraction of sp³-hybridized carbons (Fsp3) is 0.125. The summed E-state index contributed by atoms with van der Waals surface area (Å²) in [5, 5.41) is 0. The van der Waals surface area contributed by atoms with Gasteiger partial charge in [0.1, 0.15) is 12.0 Å². The Morgan fingerprint density at radius 1 is 0.952 bits per heavy atom. The third-order valence-corrected chi connectivity index (χ3v) is 2.85. The quantitative estimate of drug-likeness (QED) is 0.480. The molecule has 5 heteroatoms. The summed E-state index contributed by atoms with van der Waals surface area (Å²) in [5.41, 5.74) is 0.855. The summed E-state index contributed by atoms with van der Waals surface area (Å²) in [6.07, 6.45) is 0.722. The van der Waals surface area contributed by atoms with Crippen LogP contribution in [0, 0.1) is 0 Å². The SMILES string of the molecule is COc1ccc(C(=O)Oc2ccc(C=O)cc2)cc1OC. The topological polar surface area (TPSA) is 61.8 Å². The predicted molar refractivity (Wildman–Crippen MR) is 76.3 cm³/mol. The summed E-state index contributed by atoms with van der Waals surface area (Å²) in [6, 6.07) is 11.0. The van der Waals surface area contributed by atoms with Crippen molar-refractivity contribution in [2.45, 2.75) is 0 Å². The highest BCUT2D eigenvalue weighted by Crippen LogP contribution is 2.28. The molecular weight excluding hydrogens is 272 g/mol. The Kier molecular flexibility index (Phi) is 4.56. The summed E-state index contributed by atoms with van der Waals surface area (Å²) in [5.74, 6) is 0.822. The molecule has 0 atom stereocenters. The molecule has 2 aromatic rings. The van der Waals surface area contributed by atoms with Gasteiger partial charge in [-0.15, -0.1) is 0 Å². The Balaban J connectivity index is 2.17. The van der Waals surface area contributed by atoms with E-state index in [2.05, 4.69) is 0 Å². The molecule has 0 aromatic heterocycles. The lowest BCUT2D eigenvalue weighted by atomic mass is 10.2. The van der Waals surface area contributed by atoms with Gasteiger partial charge in [-0.3, -0.25) is 4.79 Å². The van der Waals surface area contributed by atoms with E-state index in [0.717, 1.165) is 6.29 Å². The monoisotopic (exact) mass is 286 g/mol. The smallest absolute Gasteiger partial charge is 0.343 e. The number of benzene rings is 2. The van der Waals surface area contributed by atoms with Gasteiger partial charge >= 0.3 is 5.97 Å². The van der Waals surface area contributed by atoms with Crippen LogP contribution in [0.5, 0.6) is 17.2 Å². The Morgan fingerprint density at radius 3 is 2.19 bits per heavy atom. The number of rotatable bonds is 5. The number of ether oxygens (including phenoxy) is 3. The number of hydrogen-bond acceptors (Lipinski definition) is 5. The van der Waals surface area contributed by atoms with Gasteiger partial charge in [0.2, 0.25) is 0 Å². The lowest BCUT2D eigenvalue weighted by Gasteiger charge is -2.09. The molecule has 0 radical (unpaired) electrons. The van der Waals surface area contributed by atoms with E-state index < -0.39 is 5.97 Å². The van der Waals surface area contributed by atoms with E-state index in [1.165, 1.54) is 14.2 Å². The molecular formula is C16H14O5. The van der Waals surface area contributed by atoms with Crippen molar-refractivity contribution >= 4 is 12.3 Å². The second-order valence-electron chi connectivity index (χ2n) is 4.15. The molecule has 0 spiro atoms. The van der Waals surface area contributed by atoms with Crippen LogP contribution in [0.4, 0.5) is 0 Å². The zero-order valence-corrected chi connectivity index (χ0v) is 11.7. The van der Waals surface area contributed by atoms with Gasteiger partial charge in [0.15, 0.2) is 11.5 Å². The Labute approximate surface area is 122 Å². The average Bonchev–Trinajstić information content (AvgIpc) is 2.54. The van der Waals surface area contributed by atoms with Crippen LogP contribution in [0.25, 0.3) is 0 Å². The minimum atomic E-state index is -0.519. The average molecular weight is 286 g/mol. The normalized spacial score (nSPS) is 9.81. The number of aldehydes is 1. The van der Waals surface area contributed by atoms with Gasteiger partial charge in [-0.1, -0.05) is 0 Å². The van der Waals surface area contributed by atoms with Crippen LogP contribution in [0.2, 0.25) is 0 Å². The fourth-order valence-corrected chi connectivity index (χ4v) is 1.74. The number of hydrogen-bond donors (Lipinski definition) is 0. The first kappa shape index (κ1) is 14.6. The van der Waals surface area contributed by atoms with Crippen molar-refractivity contribution in [1.29, 1.82) is 0 Å². The van der Waals surface area contributed by atoms with Crippen molar-refractivity contribution in [3.8, 4) is 17.2 Å². The van der Waals surface area contributed by atoms with E-state index in [4.69, 9.17) is 14.2 Å². The number of methoxy groups -OCH3 is 2. The van der Waals surface area contributed by atoms with Crippen LogP contribution < -0.4 is 14.2 Å². The van der Waals surface area contributed by atoms with Gasteiger partial charge in [-0.05, 0) is 42.5 Å². The number of carbonyl (C=O) groups excluding carboxylic acids is 2. The van der Waals surface area contributed by atoms with Crippen LogP contribution in [-0.2, 0) is 0 Å². The molecule has 0 amide bonds. The molecule has 5 nitrogen and oxygen atoms in total. The number of esters is 1. The summed E-state index contributed by atoms with van der Waals surface area (Å²) >= 11 is 0. The second-order valence-corrected chi connectivity index (χ2v) is 4.15. The highest BCUT2D eigenvalue weighted by Gasteiger charge is 2.12. The van der Waals surface area contributed by atoms with Gasteiger partial charge < -0.3 is 14.2 Å².